The predicted octanol–water partition coefficient (Wildman–Crippen LogP) is 0.773. The van der Waals surface area contributed by atoms with Crippen LogP contribution in [0.25, 0.3) is 0 Å². The highest BCUT2D eigenvalue weighted by Crippen LogP contribution is 2.33. The number of carbonyl (C=O) groups is 1. The number of rotatable bonds is 4. The Morgan fingerprint density at radius 3 is 2.90 bits per heavy atom. The quantitative estimate of drug-likeness (QED) is 0.627. The van der Waals surface area contributed by atoms with Crippen LogP contribution in [0.4, 0.5) is 11.4 Å². The minimum Gasteiger partial charge on any atom is -0.396 e. The average Bonchev–Trinajstić information content (AvgIpc) is 2.94. The normalized spacial score (nSPS) is 18.1. The van der Waals surface area contributed by atoms with E-state index in [4.69, 9.17) is 5.11 Å². The number of nitrogens with zero attached hydrogens (tertiary/aromatic N) is 2. The van der Waals surface area contributed by atoms with Crippen LogP contribution >= 0.6 is 0 Å². The molecule has 0 aliphatic carbocycles. The van der Waals surface area contributed by atoms with Crippen molar-refractivity contribution >= 4 is 17.3 Å². The monoisotopic (exact) mass is 279 g/mol. The molecule has 0 spiro atoms. The number of hydrogen-bond donors (Lipinski definition) is 2. The molecule has 1 unspecified atom stereocenters. The van der Waals surface area contributed by atoms with E-state index in [2.05, 4.69) is 5.32 Å². The van der Waals surface area contributed by atoms with E-state index in [0.717, 1.165) is 6.42 Å². The summed E-state index contributed by atoms with van der Waals surface area (Å²) in [7, 11) is 1.51. The zero-order chi connectivity index (χ0) is 14.7. The molecule has 1 aromatic rings. The van der Waals surface area contributed by atoms with Crippen molar-refractivity contribution in [3.05, 3.63) is 33.9 Å². The van der Waals surface area contributed by atoms with Crippen molar-refractivity contribution in [1.82, 2.24) is 5.32 Å². The molecule has 7 nitrogen and oxygen atoms in total. The number of nitro benzene ring substituents is 1. The van der Waals surface area contributed by atoms with Crippen LogP contribution < -0.4 is 10.2 Å². The van der Waals surface area contributed by atoms with Crippen LogP contribution in [0.1, 0.15) is 16.8 Å². The first-order valence-electron chi connectivity index (χ1n) is 6.43. The van der Waals surface area contributed by atoms with E-state index >= 15 is 0 Å². The standard InChI is InChI=1S/C13H17N3O4/c1-14-13(18)10-2-3-11(16(19)20)12(6-10)15-5-4-9(7-15)8-17/h2-3,6,9,17H,4-5,7-8H2,1H3,(H,14,18). The molecule has 1 fully saturated rings. The van der Waals surface area contributed by atoms with Crippen molar-refractivity contribution in [3.63, 3.8) is 0 Å². The van der Waals surface area contributed by atoms with Gasteiger partial charge in [-0.2, -0.15) is 0 Å². The molecule has 1 aliphatic heterocycles. The lowest BCUT2D eigenvalue weighted by Crippen LogP contribution is -2.23. The second kappa shape index (κ2) is 5.87. The summed E-state index contributed by atoms with van der Waals surface area (Å²) in [6.07, 6.45) is 0.790. The zero-order valence-corrected chi connectivity index (χ0v) is 11.2. The first kappa shape index (κ1) is 14.3. The Labute approximate surface area is 116 Å². The predicted molar refractivity (Wildman–Crippen MR) is 73.9 cm³/mol. The van der Waals surface area contributed by atoms with Crippen molar-refractivity contribution in [1.29, 1.82) is 0 Å². The fourth-order valence-corrected chi connectivity index (χ4v) is 2.42. The number of aliphatic hydroxyl groups excluding tert-OH is 1. The largest absolute Gasteiger partial charge is 0.396 e. The summed E-state index contributed by atoms with van der Waals surface area (Å²) >= 11 is 0. The van der Waals surface area contributed by atoms with E-state index < -0.39 is 4.92 Å². The molecule has 1 heterocycles. The molecule has 1 amide bonds. The third kappa shape index (κ3) is 2.72. The Morgan fingerprint density at radius 2 is 2.35 bits per heavy atom. The Bertz CT molecular complexity index is 532. The van der Waals surface area contributed by atoms with Crippen molar-refractivity contribution in [2.45, 2.75) is 6.42 Å². The summed E-state index contributed by atoms with van der Waals surface area (Å²) < 4.78 is 0. The number of anilines is 1. The average molecular weight is 279 g/mol. The topological polar surface area (TPSA) is 95.7 Å². The molecule has 2 N–H and O–H groups in total. The van der Waals surface area contributed by atoms with Gasteiger partial charge in [-0.25, -0.2) is 0 Å². The molecule has 1 aromatic carbocycles. The molecule has 2 rings (SSSR count). The molecule has 0 saturated carbocycles. The molecular formula is C13H17N3O4. The molecule has 20 heavy (non-hydrogen) atoms. The summed E-state index contributed by atoms with van der Waals surface area (Å²) in [6, 6.07) is 4.34. The van der Waals surface area contributed by atoms with E-state index in [9.17, 15) is 14.9 Å². The van der Waals surface area contributed by atoms with Crippen molar-refractivity contribution < 1.29 is 14.8 Å². The lowest BCUT2D eigenvalue weighted by molar-refractivity contribution is -0.384. The SMILES string of the molecule is CNC(=O)c1ccc([N+](=O)[O-])c(N2CCC(CO)C2)c1. The summed E-state index contributed by atoms with van der Waals surface area (Å²) in [5, 5.41) is 22.8. The Kier molecular flexibility index (Phi) is 4.19. The van der Waals surface area contributed by atoms with Gasteiger partial charge in [-0.05, 0) is 18.6 Å². The Hall–Kier alpha value is -2.15. The highest BCUT2D eigenvalue weighted by atomic mass is 16.6. The van der Waals surface area contributed by atoms with Gasteiger partial charge in [-0.15, -0.1) is 0 Å². The molecular weight excluding hydrogens is 262 g/mol. The smallest absolute Gasteiger partial charge is 0.292 e. The lowest BCUT2D eigenvalue weighted by atomic mass is 10.1. The van der Waals surface area contributed by atoms with Gasteiger partial charge >= 0.3 is 0 Å². The summed E-state index contributed by atoms with van der Waals surface area (Å²) in [5.41, 5.74) is 0.809. The van der Waals surface area contributed by atoms with Gasteiger partial charge in [0.1, 0.15) is 5.69 Å². The molecule has 1 aliphatic rings. The van der Waals surface area contributed by atoms with Gasteiger partial charge < -0.3 is 15.3 Å². The minimum absolute atomic E-state index is 0.0174. The molecule has 1 saturated heterocycles. The lowest BCUT2D eigenvalue weighted by Gasteiger charge is -2.19. The second-order valence-electron chi connectivity index (χ2n) is 4.82. The zero-order valence-electron chi connectivity index (χ0n) is 11.2. The van der Waals surface area contributed by atoms with Gasteiger partial charge in [0.15, 0.2) is 0 Å². The minimum atomic E-state index is -0.449. The number of hydrogen-bond acceptors (Lipinski definition) is 5. The highest BCUT2D eigenvalue weighted by molar-refractivity contribution is 5.95. The molecule has 0 aromatic heterocycles. The molecule has 108 valence electrons. The number of amides is 1. The van der Waals surface area contributed by atoms with E-state index in [0.29, 0.717) is 24.3 Å². The van der Waals surface area contributed by atoms with Crippen LogP contribution in [-0.2, 0) is 0 Å². The van der Waals surface area contributed by atoms with Crippen LogP contribution in [0, 0.1) is 16.0 Å². The first-order valence-corrected chi connectivity index (χ1v) is 6.43. The number of nitrogens with one attached hydrogen (secondary N) is 1. The highest BCUT2D eigenvalue weighted by Gasteiger charge is 2.28. The van der Waals surface area contributed by atoms with Gasteiger partial charge in [0, 0.05) is 44.3 Å². The molecule has 1 atom stereocenters. The Balaban J connectivity index is 2.37. The van der Waals surface area contributed by atoms with Gasteiger partial charge in [0.05, 0.1) is 4.92 Å². The van der Waals surface area contributed by atoms with Gasteiger partial charge in [-0.3, -0.25) is 14.9 Å². The fourth-order valence-electron chi connectivity index (χ4n) is 2.42. The molecule has 7 heteroatoms. The number of nitro groups is 1. The van der Waals surface area contributed by atoms with Crippen LogP contribution in [0.15, 0.2) is 18.2 Å². The number of carbonyl (C=O) groups excluding carboxylic acids is 1. The number of benzene rings is 1. The van der Waals surface area contributed by atoms with E-state index in [1.807, 2.05) is 4.90 Å². The second-order valence-corrected chi connectivity index (χ2v) is 4.82. The maximum atomic E-state index is 11.6. The van der Waals surface area contributed by atoms with Crippen LogP contribution in [-0.4, -0.2) is 42.7 Å². The third-order valence-electron chi connectivity index (χ3n) is 3.55. The summed E-state index contributed by atoms with van der Waals surface area (Å²) in [5.74, 6) is -0.155. The van der Waals surface area contributed by atoms with Crippen molar-refractivity contribution in [2.24, 2.45) is 5.92 Å². The van der Waals surface area contributed by atoms with E-state index in [1.54, 1.807) is 0 Å². The van der Waals surface area contributed by atoms with Crippen LogP contribution in [0.2, 0.25) is 0 Å². The van der Waals surface area contributed by atoms with E-state index in [-0.39, 0.29) is 24.1 Å². The summed E-state index contributed by atoms with van der Waals surface area (Å²) in [4.78, 5) is 24.2. The van der Waals surface area contributed by atoms with E-state index in [1.165, 1.54) is 25.2 Å². The molecule has 0 radical (unpaired) electrons. The van der Waals surface area contributed by atoms with Gasteiger partial charge in [-0.1, -0.05) is 0 Å². The van der Waals surface area contributed by atoms with Crippen LogP contribution in [0.3, 0.4) is 0 Å². The fraction of sp³-hybridized carbons (Fsp3) is 0.462. The third-order valence-corrected chi connectivity index (χ3v) is 3.55. The summed E-state index contributed by atoms with van der Waals surface area (Å²) in [6.45, 7) is 1.28. The first-order chi connectivity index (χ1) is 9.56. The van der Waals surface area contributed by atoms with Crippen molar-refractivity contribution in [3.8, 4) is 0 Å². The maximum absolute atomic E-state index is 11.6. The maximum Gasteiger partial charge on any atom is 0.292 e. The van der Waals surface area contributed by atoms with Crippen LogP contribution in [0.5, 0.6) is 0 Å². The molecule has 0 bridgehead atoms. The van der Waals surface area contributed by atoms with Gasteiger partial charge in [0.25, 0.3) is 11.6 Å². The van der Waals surface area contributed by atoms with Crippen molar-refractivity contribution in [2.75, 3.05) is 31.6 Å². The Morgan fingerprint density at radius 1 is 1.60 bits per heavy atom. The number of aliphatic hydroxyl groups is 1. The van der Waals surface area contributed by atoms with Gasteiger partial charge in [0.2, 0.25) is 0 Å².